The van der Waals surface area contributed by atoms with Gasteiger partial charge in [0.05, 0.1) is 6.04 Å². The lowest BCUT2D eigenvalue weighted by atomic mass is 9.72. The lowest BCUT2D eigenvalue weighted by molar-refractivity contribution is -0.122. The summed E-state index contributed by atoms with van der Waals surface area (Å²) in [7, 11) is 0. The number of nitrogens with two attached hydrogens (primary N) is 1. The first-order valence-electron chi connectivity index (χ1n) is 11.7. The molecule has 3 N–H and O–H groups in total. The summed E-state index contributed by atoms with van der Waals surface area (Å²) >= 11 is 0. The van der Waals surface area contributed by atoms with Gasteiger partial charge in [-0.25, -0.2) is 0 Å². The highest BCUT2D eigenvalue weighted by Gasteiger charge is 2.26. The molecule has 0 fully saturated rings. The van der Waals surface area contributed by atoms with Crippen LogP contribution in [0.4, 0.5) is 0 Å². The first kappa shape index (κ1) is 25.6. The number of rotatable bonds is 9. The quantitative estimate of drug-likeness (QED) is 0.456. The molecular weight excluding hydrogens is 392 g/mol. The van der Waals surface area contributed by atoms with Crippen molar-refractivity contribution in [1.82, 2.24) is 5.32 Å². The first-order valence-corrected chi connectivity index (χ1v) is 11.7. The van der Waals surface area contributed by atoms with E-state index in [2.05, 4.69) is 63.4 Å². The summed E-state index contributed by atoms with van der Waals surface area (Å²) in [6, 6.07) is 9.31. The van der Waals surface area contributed by atoms with Crippen LogP contribution in [-0.2, 0) is 11.2 Å². The molecule has 0 spiro atoms. The number of carbonyl (C=O) groups is 1. The Balaban J connectivity index is 1.82. The molecule has 1 atom stereocenters. The first-order chi connectivity index (χ1) is 15.2. The molecule has 1 aromatic rings. The van der Waals surface area contributed by atoms with Gasteiger partial charge in [-0.05, 0) is 63.0 Å². The lowest BCUT2D eigenvalue weighted by Gasteiger charge is -2.32. The van der Waals surface area contributed by atoms with E-state index < -0.39 is 6.04 Å². The minimum Gasteiger partial charge on any atom is -0.351 e. The summed E-state index contributed by atoms with van der Waals surface area (Å²) in [5, 5.41) is 2.90. The second-order valence-corrected chi connectivity index (χ2v) is 9.52. The Bertz CT molecular complexity index is 914. The molecule has 1 aliphatic carbocycles. The Morgan fingerprint density at radius 1 is 1.16 bits per heavy atom. The van der Waals surface area contributed by atoms with Gasteiger partial charge < -0.3 is 11.1 Å². The van der Waals surface area contributed by atoms with E-state index in [0.717, 1.165) is 11.1 Å². The molecule has 0 bridgehead atoms. The Morgan fingerprint density at radius 2 is 1.88 bits per heavy atom. The lowest BCUT2D eigenvalue weighted by Crippen LogP contribution is -2.42. The van der Waals surface area contributed by atoms with Crippen molar-refractivity contribution in [3.63, 3.8) is 0 Å². The average Bonchev–Trinajstić information content (AvgIpc) is 2.73. The molecule has 0 aromatic heterocycles. The predicted molar refractivity (Wildman–Crippen MR) is 137 cm³/mol. The van der Waals surface area contributed by atoms with Crippen molar-refractivity contribution in [2.45, 2.75) is 66.3 Å². The largest absolute Gasteiger partial charge is 0.351 e. The normalized spacial score (nSPS) is 18.4. The van der Waals surface area contributed by atoms with Crippen molar-refractivity contribution in [2.24, 2.45) is 11.1 Å². The fraction of sp³-hybridized carbons (Fsp3) is 0.414. The Morgan fingerprint density at radius 3 is 2.56 bits per heavy atom. The second kappa shape index (κ2) is 12.4. The van der Waals surface area contributed by atoms with E-state index in [1.807, 2.05) is 43.3 Å². The molecule has 0 heterocycles. The van der Waals surface area contributed by atoms with Gasteiger partial charge in [-0.1, -0.05) is 97.4 Å². The van der Waals surface area contributed by atoms with Gasteiger partial charge in [-0.3, -0.25) is 4.79 Å². The average molecular weight is 433 g/mol. The smallest absolute Gasteiger partial charge is 0.237 e. The number of amides is 1. The third-order valence-electron chi connectivity index (χ3n) is 6.11. The molecule has 0 unspecified atom stereocenters. The van der Waals surface area contributed by atoms with Crippen molar-refractivity contribution < 1.29 is 4.79 Å². The van der Waals surface area contributed by atoms with E-state index in [4.69, 9.17) is 5.73 Å². The maximum Gasteiger partial charge on any atom is 0.237 e. The molecular formula is C29H40N2O. The topological polar surface area (TPSA) is 55.1 Å². The van der Waals surface area contributed by atoms with E-state index in [0.29, 0.717) is 13.0 Å². The van der Waals surface area contributed by atoms with Crippen LogP contribution in [0.3, 0.4) is 0 Å². The molecule has 2 rings (SSSR count). The number of carbonyl (C=O) groups excluding carboxylic acids is 1. The maximum absolute atomic E-state index is 12.2. The number of nitrogens with one attached hydrogen (secondary N) is 1. The summed E-state index contributed by atoms with van der Waals surface area (Å²) in [6.07, 6.45) is 17.0. The second-order valence-electron chi connectivity index (χ2n) is 9.52. The summed E-state index contributed by atoms with van der Waals surface area (Å²) in [5.74, 6) is -0.127. The fourth-order valence-corrected chi connectivity index (χ4v) is 4.10. The highest BCUT2D eigenvalue weighted by molar-refractivity contribution is 5.81. The summed E-state index contributed by atoms with van der Waals surface area (Å²) in [5.41, 5.74) is 12.7. The molecule has 32 heavy (non-hydrogen) atoms. The van der Waals surface area contributed by atoms with Gasteiger partial charge in [0.25, 0.3) is 0 Å². The van der Waals surface area contributed by atoms with Gasteiger partial charge in [0, 0.05) is 6.54 Å². The molecule has 1 aromatic carbocycles. The van der Waals surface area contributed by atoms with Gasteiger partial charge in [-0.2, -0.15) is 0 Å². The van der Waals surface area contributed by atoms with Crippen LogP contribution in [0.1, 0.15) is 59.4 Å². The standard InChI is InChI=1S/C29H40N2O/c1-22(16-17-26-24(3)13-10-19-29(26,4)5)11-9-12-23(2)18-20-31-28(32)27(30)21-25-14-7-6-8-15-25/h6-9,11-12,14-18,27H,10,13,19-21,30H2,1-5H3,(H,31,32)/b12-9+,17-16+,22-11+,23-18+/t27-/m0/s1. The molecule has 0 aliphatic heterocycles. The third kappa shape index (κ3) is 8.47. The number of allylic oxidation sites excluding steroid dienone is 9. The van der Waals surface area contributed by atoms with Crippen LogP contribution < -0.4 is 11.1 Å². The summed E-state index contributed by atoms with van der Waals surface area (Å²) in [6.45, 7) is 11.6. The molecule has 1 amide bonds. The van der Waals surface area contributed by atoms with Gasteiger partial charge in [0.15, 0.2) is 0 Å². The number of hydrogen-bond donors (Lipinski definition) is 2. The zero-order valence-electron chi connectivity index (χ0n) is 20.4. The predicted octanol–water partition coefficient (Wildman–Crippen LogP) is 6.20. The third-order valence-corrected chi connectivity index (χ3v) is 6.11. The fourth-order valence-electron chi connectivity index (χ4n) is 4.10. The maximum atomic E-state index is 12.2. The molecule has 0 saturated carbocycles. The van der Waals surface area contributed by atoms with E-state index in [-0.39, 0.29) is 11.3 Å². The van der Waals surface area contributed by atoms with Gasteiger partial charge >= 0.3 is 0 Å². The van der Waals surface area contributed by atoms with E-state index >= 15 is 0 Å². The van der Waals surface area contributed by atoms with Crippen LogP contribution in [0.2, 0.25) is 0 Å². The van der Waals surface area contributed by atoms with Crippen LogP contribution in [0.25, 0.3) is 0 Å². The van der Waals surface area contributed by atoms with Crippen LogP contribution in [0.15, 0.2) is 89.1 Å². The van der Waals surface area contributed by atoms with Gasteiger partial charge in [0.1, 0.15) is 0 Å². The molecule has 1 aliphatic rings. The molecule has 0 radical (unpaired) electrons. The van der Waals surface area contributed by atoms with Crippen molar-refractivity contribution >= 4 is 5.91 Å². The summed E-state index contributed by atoms with van der Waals surface area (Å²) in [4.78, 5) is 12.2. The van der Waals surface area contributed by atoms with Crippen LogP contribution in [0, 0.1) is 5.41 Å². The van der Waals surface area contributed by atoms with Crippen LogP contribution in [-0.4, -0.2) is 18.5 Å². The van der Waals surface area contributed by atoms with E-state index in [9.17, 15) is 4.79 Å². The molecule has 3 nitrogen and oxygen atoms in total. The number of hydrogen-bond acceptors (Lipinski definition) is 2. The van der Waals surface area contributed by atoms with Crippen molar-refractivity contribution in [3.8, 4) is 0 Å². The molecule has 172 valence electrons. The van der Waals surface area contributed by atoms with Gasteiger partial charge in [-0.15, -0.1) is 0 Å². The van der Waals surface area contributed by atoms with Crippen molar-refractivity contribution in [2.75, 3.05) is 6.54 Å². The highest BCUT2D eigenvalue weighted by Crippen LogP contribution is 2.40. The van der Waals surface area contributed by atoms with Gasteiger partial charge in [0.2, 0.25) is 5.91 Å². The SMILES string of the molecule is CC1=C(/C=C/C(C)=C/C=C/C(C)=C/CNC(=O)[C@@H](N)Cc2ccccc2)C(C)(C)CCC1. The molecule has 0 saturated heterocycles. The Kier molecular flexibility index (Phi) is 9.93. The van der Waals surface area contributed by atoms with Crippen LogP contribution in [0.5, 0.6) is 0 Å². The highest BCUT2D eigenvalue weighted by atomic mass is 16.2. The Hall–Kier alpha value is -2.65. The van der Waals surface area contributed by atoms with E-state index in [1.54, 1.807) is 0 Å². The Labute approximate surface area is 194 Å². The summed E-state index contributed by atoms with van der Waals surface area (Å²) < 4.78 is 0. The van der Waals surface area contributed by atoms with E-state index in [1.165, 1.54) is 36.0 Å². The molecule has 3 heteroatoms. The van der Waals surface area contributed by atoms with Crippen molar-refractivity contribution in [3.05, 3.63) is 94.6 Å². The van der Waals surface area contributed by atoms with Crippen LogP contribution >= 0.6 is 0 Å². The van der Waals surface area contributed by atoms with Crippen molar-refractivity contribution in [1.29, 1.82) is 0 Å². The zero-order valence-corrected chi connectivity index (χ0v) is 20.4. The minimum atomic E-state index is -0.535. The minimum absolute atomic E-state index is 0.127. The number of benzene rings is 1. The zero-order chi connectivity index (χ0) is 23.6. The monoisotopic (exact) mass is 432 g/mol.